The third-order valence-corrected chi connectivity index (χ3v) is 1.89. The van der Waals surface area contributed by atoms with Crippen LogP contribution >= 0.6 is 0 Å². The average Bonchev–Trinajstić information content (AvgIpc) is 2.85. The van der Waals surface area contributed by atoms with Gasteiger partial charge in [0.1, 0.15) is 5.60 Å². The van der Waals surface area contributed by atoms with Crippen molar-refractivity contribution in [2.24, 2.45) is 0 Å². The first-order valence-electron chi connectivity index (χ1n) is 5.15. The third-order valence-electron chi connectivity index (χ3n) is 1.89. The summed E-state index contributed by atoms with van der Waals surface area (Å²) in [6.07, 6.45) is 1.50. The Morgan fingerprint density at radius 1 is 1.41 bits per heavy atom. The predicted octanol–water partition coefficient (Wildman–Crippen LogP) is 2.02. The SMILES string of the molecule is CC(C)(C)OC(=O)c1n[nH]nc1-c1ccco1. The highest BCUT2D eigenvalue weighted by Crippen LogP contribution is 2.21. The van der Waals surface area contributed by atoms with Gasteiger partial charge in [0, 0.05) is 0 Å². The van der Waals surface area contributed by atoms with E-state index in [0.717, 1.165) is 0 Å². The second kappa shape index (κ2) is 4.04. The lowest BCUT2D eigenvalue weighted by Crippen LogP contribution is -2.24. The first-order chi connectivity index (χ1) is 7.97. The molecular formula is C11H13N3O3. The zero-order chi connectivity index (χ0) is 12.5. The molecule has 0 spiro atoms. The maximum absolute atomic E-state index is 11.9. The van der Waals surface area contributed by atoms with E-state index in [4.69, 9.17) is 9.15 Å². The van der Waals surface area contributed by atoms with Crippen molar-refractivity contribution in [1.29, 1.82) is 0 Å². The maximum Gasteiger partial charge on any atom is 0.361 e. The summed E-state index contributed by atoms with van der Waals surface area (Å²) in [7, 11) is 0. The quantitative estimate of drug-likeness (QED) is 0.805. The summed E-state index contributed by atoms with van der Waals surface area (Å²) < 4.78 is 10.4. The lowest BCUT2D eigenvalue weighted by molar-refractivity contribution is 0.00635. The fourth-order valence-electron chi connectivity index (χ4n) is 1.28. The number of H-pyrrole nitrogens is 1. The topological polar surface area (TPSA) is 81.0 Å². The molecule has 0 unspecified atom stereocenters. The van der Waals surface area contributed by atoms with Gasteiger partial charge in [-0.05, 0) is 32.9 Å². The van der Waals surface area contributed by atoms with Crippen LogP contribution in [0.25, 0.3) is 11.5 Å². The van der Waals surface area contributed by atoms with Crippen molar-refractivity contribution in [3.05, 3.63) is 24.1 Å². The smallest absolute Gasteiger partial charge is 0.361 e. The molecular weight excluding hydrogens is 222 g/mol. The fraction of sp³-hybridized carbons (Fsp3) is 0.364. The van der Waals surface area contributed by atoms with E-state index in [2.05, 4.69) is 15.4 Å². The second-order valence-electron chi connectivity index (χ2n) is 4.50. The fourth-order valence-corrected chi connectivity index (χ4v) is 1.28. The highest BCUT2D eigenvalue weighted by Gasteiger charge is 2.25. The lowest BCUT2D eigenvalue weighted by Gasteiger charge is -2.18. The van der Waals surface area contributed by atoms with Crippen molar-refractivity contribution in [3.8, 4) is 11.5 Å². The summed E-state index contributed by atoms with van der Waals surface area (Å²) in [6, 6.07) is 3.41. The molecule has 0 radical (unpaired) electrons. The molecule has 0 amide bonds. The van der Waals surface area contributed by atoms with Gasteiger partial charge in [-0.1, -0.05) is 0 Å². The molecule has 0 aromatic carbocycles. The van der Waals surface area contributed by atoms with E-state index >= 15 is 0 Å². The Morgan fingerprint density at radius 2 is 2.18 bits per heavy atom. The first kappa shape index (κ1) is 11.4. The number of carbonyl (C=O) groups is 1. The first-order valence-corrected chi connectivity index (χ1v) is 5.15. The van der Waals surface area contributed by atoms with Gasteiger partial charge >= 0.3 is 5.97 Å². The lowest BCUT2D eigenvalue weighted by atomic mass is 10.2. The summed E-state index contributed by atoms with van der Waals surface area (Å²) in [4.78, 5) is 11.9. The van der Waals surface area contributed by atoms with E-state index in [1.165, 1.54) is 6.26 Å². The van der Waals surface area contributed by atoms with Crippen molar-refractivity contribution in [2.45, 2.75) is 26.4 Å². The number of hydrogen-bond donors (Lipinski definition) is 1. The number of hydrogen-bond acceptors (Lipinski definition) is 5. The Kier molecular flexibility index (Phi) is 2.71. The van der Waals surface area contributed by atoms with Gasteiger partial charge in [-0.2, -0.15) is 10.3 Å². The van der Waals surface area contributed by atoms with E-state index < -0.39 is 11.6 Å². The van der Waals surface area contributed by atoms with Gasteiger partial charge in [0.05, 0.1) is 6.26 Å². The molecule has 0 atom stereocenters. The van der Waals surface area contributed by atoms with Gasteiger partial charge in [0.2, 0.25) is 5.69 Å². The molecule has 6 nitrogen and oxygen atoms in total. The predicted molar refractivity (Wildman–Crippen MR) is 59.3 cm³/mol. The van der Waals surface area contributed by atoms with Gasteiger partial charge in [-0.3, -0.25) is 0 Å². The van der Waals surface area contributed by atoms with E-state index in [0.29, 0.717) is 11.5 Å². The van der Waals surface area contributed by atoms with Crippen LogP contribution in [0.3, 0.4) is 0 Å². The van der Waals surface area contributed by atoms with Crippen molar-refractivity contribution in [1.82, 2.24) is 15.4 Å². The van der Waals surface area contributed by atoms with Crippen molar-refractivity contribution in [2.75, 3.05) is 0 Å². The average molecular weight is 235 g/mol. The summed E-state index contributed by atoms with van der Waals surface area (Å²) in [5, 5.41) is 10.1. The van der Waals surface area contributed by atoms with Crippen LogP contribution in [0.4, 0.5) is 0 Å². The molecule has 1 N–H and O–H groups in total. The van der Waals surface area contributed by atoms with Gasteiger partial charge in [-0.15, -0.1) is 5.10 Å². The third kappa shape index (κ3) is 2.52. The molecule has 2 aromatic rings. The molecule has 2 heterocycles. The Morgan fingerprint density at radius 3 is 2.76 bits per heavy atom. The molecule has 17 heavy (non-hydrogen) atoms. The van der Waals surface area contributed by atoms with Crippen molar-refractivity contribution in [3.63, 3.8) is 0 Å². The van der Waals surface area contributed by atoms with Crippen molar-refractivity contribution >= 4 is 5.97 Å². The molecule has 0 aliphatic carbocycles. The minimum absolute atomic E-state index is 0.120. The Bertz CT molecular complexity index is 508. The molecule has 2 rings (SSSR count). The number of furan rings is 1. The van der Waals surface area contributed by atoms with Crippen LogP contribution in [0.15, 0.2) is 22.8 Å². The maximum atomic E-state index is 11.9. The van der Waals surface area contributed by atoms with E-state index in [1.807, 2.05) is 0 Å². The van der Waals surface area contributed by atoms with E-state index in [1.54, 1.807) is 32.9 Å². The van der Waals surface area contributed by atoms with E-state index in [9.17, 15) is 4.79 Å². The summed E-state index contributed by atoms with van der Waals surface area (Å²) in [5.74, 6) is -0.0581. The molecule has 2 aromatic heterocycles. The Balaban J connectivity index is 2.29. The molecule has 0 saturated heterocycles. The molecule has 0 aliphatic rings. The highest BCUT2D eigenvalue weighted by molar-refractivity contribution is 5.93. The zero-order valence-electron chi connectivity index (χ0n) is 9.85. The molecule has 0 aliphatic heterocycles. The number of ether oxygens (including phenoxy) is 1. The monoisotopic (exact) mass is 235 g/mol. The highest BCUT2D eigenvalue weighted by atomic mass is 16.6. The molecule has 0 fully saturated rings. The number of nitrogens with zero attached hydrogens (tertiary/aromatic N) is 2. The van der Waals surface area contributed by atoms with Crippen LogP contribution in [-0.4, -0.2) is 27.0 Å². The van der Waals surface area contributed by atoms with Gasteiger partial charge in [0.25, 0.3) is 0 Å². The summed E-state index contributed by atoms with van der Waals surface area (Å²) >= 11 is 0. The van der Waals surface area contributed by atoms with Crippen LogP contribution in [0.5, 0.6) is 0 Å². The molecule has 0 saturated carbocycles. The van der Waals surface area contributed by atoms with Crippen LogP contribution in [0.2, 0.25) is 0 Å². The standard InChI is InChI=1S/C11H13N3O3/c1-11(2,3)17-10(15)9-8(12-14-13-9)7-5-4-6-16-7/h4-6H,1-3H3,(H,12,13,14). The van der Waals surface area contributed by atoms with Crippen LogP contribution < -0.4 is 0 Å². The minimum atomic E-state index is -0.573. The second-order valence-corrected chi connectivity index (χ2v) is 4.50. The zero-order valence-corrected chi connectivity index (χ0v) is 9.85. The summed E-state index contributed by atoms with van der Waals surface area (Å²) in [6.45, 7) is 5.37. The molecule has 0 bridgehead atoms. The van der Waals surface area contributed by atoms with Gasteiger partial charge in [-0.25, -0.2) is 4.79 Å². The number of aromatic nitrogens is 3. The largest absolute Gasteiger partial charge is 0.463 e. The van der Waals surface area contributed by atoms with Crippen molar-refractivity contribution < 1.29 is 13.9 Å². The van der Waals surface area contributed by atoms with Crippen LogP contribution in [-0.2, 0) is 4.74 Å². The Hall–Kier alpha value is -2.11. The Labute approximate surface area is 98.0 Å². The van der Waals surface area contributed by atoms with Crippen LogP contribution in [0.1, 0.15) is 31.3 Å². The minimum Gasteiger partial charge on any atom is -0.463 e. The molecule has 6 heteroatoms. The van der Waals surface area contributed by atoms with Gasteiger partial charge < -0.3 is 9.15 Å². The van der Waals surface area contributed by atoms with Crippen LogP contribution in [0, 0.1) is 0 Å². The van der Waals surface area contributed by atoms with Gasteiger partial charge in [0.15, 0.2) is 11.5 Å². The molecule has 90 valence electrons. The normalized spacial score (nSPS) is 11.5. The number of carbonyl (C=O) groups excluding carboxylic acids is 1. The number of nitrogens with one attached hydrogen (secondary N) is 1. The number of rotatable bonds is 2. The summed E-state index contributed by atoms with van der Waals surface area (Å²) in [5.41, 5.74) is -0.102. The number of esters is 1. The number of aromatic amines is 1. The van der Waals surface area contributed by atoms with E-state index in [-0.39, 0.29) is 5.69 Å².